The van der Waals surface area contributed by atoms with Gasteiger partial charge < -0.3 is 9.80 Å². The maximum atomic E-state index is 12.8. The van der Waals surface area contributed by atoms with Gasteiger partial charge in [0.25, 0.3) is 0 Å². The van der Waals surface area contributed by atoms with Crippen molar-refractivity contribution in [2.75, 3.05) is 19.6 Å². The van der Waals surface area contributed by atoms with Crippen LogP contribution in [0.1, 0.15) is 29.7 Å². The number of allylic oxidation sites excluding steroid dienone is 1. The van der Waals surface area contributed by atoms with E-state index in [-0.39, 0.29) is 6.03 Å². The fourth-order valence-corrected chi connectivity index (χ4v) is 3.83. The molecule has 1 fully saturated rings. The number of nitriles is 1. The van der Waals surface area contributed by atoms with Crippen molar-refractivity contribution in [3.05, 3.63) is 52.9 Å². The summed E-state index contributed by atoms with van der Waals surface area (Å²) in [6, 6.07) is 6.71. The second-order valence-electron chi connectivity index (χ2n) is 7.31. The first-order valence-electron chi connectivity index (χ1n) is 9.58. The van der Waals surface area contributed by atoms with Gasteiger partial charge in [0.15, 0.2) is 0 Å². The van der Waals surface area contributed by atoms with Gasteiger partial charge in [-0.2, -0.15) is 18.4 Å². The van der Waals surface area contributed by atoms with Crippen molar-refractivity contribution in [1.82, 2.24) is 24.8 Å². The lowest BCUT2D eigenvalue weighted by Crippen LogP contribution is -2.48. The van der Waals surface area contributed by atoms with Crippen molar-refractivity contribution >= 4 is 11.6 Å². The molecule has 7 nitrogen and oxygen atoms in total. The number of likely N-dealkylation sites (tertiary alicyclic amines) is 1. The second kappa shape index (κ2) is 7.82. The highest BCUT2D eigenvalue weighted by molar-refractivity contribution is 5.80. The van der Waals surface area contributed by atoms with Crippen LogP contribution in [-0.2, 0) is 19.3 Å². The number of alkyl halides is 3. The SMILES string of the molecule is N#CC(=C1CCN(C(=O)N2CCn3nncc3C2)CC1)c1ccc(C(F)(F)F)cc1. The van der Waals surface area contributed by atoms with Gasteiger partial charge in [-0.1, -0.05) is 17.3 Å². The van der Waals surface area contributed by atoms with E-state index in [0.29, 0.717) is 56.7 Å². The van der Waals surface area contributed by atoms with Crippen LogP contribution in [0.3, 0.4) is 0 Å². The molecule has 0 radical (unpaired) electrons. The van der Waals surface area contributed by atoms with Gasteiger partial charge in [-0.3, -0.25) is 0 Å². The molecule has 2 amide bonds. The summed E-state index contributed by atoms with van der Waals surface area (Å²) < 4.78 is 40.1. The molecule has 0 aliphatic carbocycles. The molecule has 2 aromatic rings. The molecule has 3 heterocycles. The van der Waals surface area contributed by atoms with Crippen molar-refractivity contribution in [3.63, 3.8) is 0 Å². The molecule has 1 aromatic heterocycles. The van der Waals surface area contributed by atoms with E-state index in [4.69, 9.17) is 0 Å². The van der Waals surface area contributed by atoms with Gasteiger partial charge >= 0.3 is 12.2 Å². The molecule has 156 valence electrons. The molecule has 4 rings (SSSR count). The highest BCUT2D eigenvalue weighted by Crippen LogP contribution is 2.32. The second-order valence-corrected chi connectivity index (χ2v) is 7.31. The van der Waals surface area contributed by atoms with Crippen molar-refractivity contribution in [1.29, 1.82) is 5.26 Å². The Labute approximate surface area is 171 Å². The van der Waals surface area contributed by atoms with Crippen LogP contribution in [0.2, 0.25) is 0 Å². The fraction of sp³-hybridized carbons (Fsp3) is 0.400. The molecule has 0 bridgehead atoms. The zero-order chi connectivity index (χ0) is 21.3. The van der Waals surface area contributed by atoms with Crippen molar-refractivity contribution in [2.45, 2.75) is 32.1 Å². The Bertz CT molecular complexity index is 1010. The first-order valence-corrected chi connectivity index (χ1v) is 9.58. The van der Waals surface area contributed by atoms with Crippen LogP contribution in [0, 0.1) is 11.3 Å². The number of hydrogen-bond donors (Lipinski definition) is 0. The Balaban J connectivity index is 1.43. The van der Waals surface area contributed by atoms with E-state index in [1.807, 2.05) is 0 Å². The molecular formula is C20H19F3N6O. The van der Waals surface area contributed by atoms with Crippen LogP contribution < -0.4 is 0 Å². The molecule has 2 aliphatic heterocycles. The van der Waals surface area contributed by atoms with E-state index >= 15 is 0 Å². The van der Waals surface area contributed by atoms with E-state index in [1.54, 1.807) is 20.7 Å². The third kappa shape index (κ3) is 3.87. The number of urea groups is 1. The fourth-order valence-electron chi connectivity index (χ4n) is 3.83. The maximum absolute atomic E-state index is 12.8. The topological polar surface area (TPSA) is 78.0 Å². The van der Waals surface area contributed by atoms with Crippen molar-refractivity contribution in [2.24, 2.45) is 0 Å². The van der Waals surface area contributed by atoms with E-state index in [2.05, 4.69) is 16.4 Å². The molecule has 0 N–H and O–H groups in total. The number of piperidine rings is 1. The summed E-state index contributed by atoms with van der Waals surface area (Å²) in [5, 5.41) is 17.4. The minimum absolute atomic E-state index is 0.0606. The van der Waals surface area contributed by atoms with Crippen LogP contribution in [0.5, 0.6) is 0 Å². The first-order chi connectivity index (χ1) is 14.4. The van der Waals surface area contributed by atoms with E-state index in [0.717, 1.165) is 23.4 Å². The lowest BCUT2D eigenvalue weighted by Gasteiger charge is -2.35. The van der Waals surface area contributed by atoms with Gasteiger partial charge in [-0.15, -0.1) is 5.10 Å². The molecule has 1 saturated heterocycles. The summed E-state index contributed by atoms with van der Waals surface area (Å²) in [4.78, 5) is 16.4. The van der Waals surface area contributed by atoms with Crippen molar-refractivity contribution in [3.8, 4) is 6.07 Å². The van der Waals surface area contributed by atoms with Crippen LogP contribution in [0.15, 0.2) is 36.0 Å². The molecular weight excluding hydrogens is 397 g/mol. The highest BCUT2D eigenvalue weighted by atomic mass is 19.4. The number of aromatic nitrogens is 3. The molecule has 0 spiro atoms. The monoisotopic (exact) mass is 416 g/mol. The summed E-state index contributed by atoms with van der Waals surface area (Å²) in [6.45, 7) is 2.55. The lowest BCUT2D eigenvalue weighted by atomic mass is 9.93. The number of hydrogen-bond acceptors (Lipinski definition) is 4. The Hall–Kier alpha value is -3.35. The quantitative estimate of drug-likeness (QED) is 0.669. The Kier molecular flexibility index (Phi) is 5.20. The summed E-state index contributed by atoms with van der Waals surface area (Å²) in [5.41, 5.74) is 1.87. The molecule has 10 heteroatoms. The van der Waals surface area contributed by atoms with Gasteiger partial charge in [0.1, 0.15) is 0 Å². The number of benzene rings is 1. The molecule has 30 heavy (non-hydrogen) atoms. The minimum atomic E-state index is -4.41. The van der Waals surface area contributed by atoms with Gasteiger partial charge in [0, 0.05) is 19.6 Å². The summed E-state index contributed by atoms with van der Waals surface area (Å²) in [7, 11) is 0. The molecule has 0 atom stereocenters. The maximum Gasteiger partial charge on any atom is 0.416 e. The largest absolute Gasteiger partial charge is 0.416 e. The molecule has 0 saturated carbocycles. The molecule has 2 aliphatic rings. The zero-order valence-electron chi connectivity index (χ0n) is 16.1. The summed E-state index contributed by atoms with van der Waals surface area (Å²) in [5.74, 6) is 0. The van der Waals surface area contributed by atoms with E-state index in [9.17, 15) is 23.2 Å². The average molecular weight is 416 g/mol. The third-order valence-electron chi connectivity index (χ3n) is 5.51. The standard InChI is InChI=1S/C20H19F3N6O/c21-20(22,23)16-3-1-14(2-4-16)18(11-24)15-5-7-27(8-6-15)19(30)28-9-10-29-17(13-28)12-25-26-29/h1-4,12H,5-10,13H2. The third-order valence-corrected chi connectivity index (χ3v) is 5.51. The predicted molar refractivity (Wildman–Crippen MR) is 101 cm³/mol. The van der Waals surface area contributed by atoms with Gasteiger partial charge in [0.2, 0.25) is 0 Å². The van der Waals surface area contributed by atoms with Crippen LogP contribution in [0.4, 0.5) is 18.0 Å². The predicted octanol–water partition coefficient (Wildman–Crippen LogP) is 3.31. The summed E-state index contributed by atoms with van der Waals surface area (Å²) >= 11 is 0. The number of halogens is 3. The average Bonchev–Trinajstić information content (AvgIpc) is 3.22. The summed E-state index contributed by atoms with van der Waals surface area (Å²) in [6.07, 6.45) is -1.72. The Morgan fingerprint density at radius 3 is 2.37 bits per heavy atom. The van der Waals surface area contributed by atoms with E-state index in [1.165, 1.54) is 12.1 Å². The molecule has 0 unspecified atom stereocenters. The zero-order valence-corrected chi connectivity index (χ0v) is 16.1. The highest BCUT2D eigenvalue weighted by Gasteiger charge is 2.31. The number of amides is 2. The number of fused-ring (bicyclic) bond motifs is 1. The van der Waals surface area contributed by atoms with E-state index < -0.39 is 11.7 Å². The lowest BCUT2D eigenvalue weighted by molar-refractivity contribution is -0.137. The molecule has 1 aromatic carbocycles. The van der Waals surface area contributed by atoms with Gasteiger partial charge in [0.05, 0.1) is 42.2 Å². The van der Waals surface area contributed by atoms with Crippen LogP contribution in [0.25, 0.3) is 5.57 Å². The van der Waals surface area contributed by atoms with Crippen LogP contribution in [-0.4, -0.2) is 50.5 Å². The van der Waals surface area contributed by atoms with Crippen LogP contribution >= 0.6 is 0 Å². The van der Waals surface area contributed by atoms with Gasteiger partial charge in [-0.05, 0) is 36.1 Å². The first kappa shape index (κ1) is 19.9. The number of nitrogens with zero attached hydrogens (tertiary/aromatic N) is 6. The normalized spacial score (nSPS) is 16.8. The smallest absolute Gasteiger partial charge is 0.324 e. The number of rotatable bonds is 1. The number of carbonyl (C=O) groups is 1. The minimum Gasteiger partial charge on any atom is -0.324 e. The van der Waals surface area contributed by atoms with Crippen molar-refractivity contribution < 1.29 is 18.0 Å². The Morgan fingerprint density at radius 2 is 1.73 bits per heavy atom. The number of carbonyl (C=O) groups excluding carboxylic acids is 1. The van der Waals surface area contributed by atoms with Gasteiger partial charge in [-0.25, -0.2) is 9.48 Å². The Morgan fingerprint density at radius 1 is 1.03 bits per heavy atom.